The number of rotatable bonds is 10. The summed E-state index contributed by atoms with van der Waals surface area (Å²) in [4.78, 5) is 6.69. The van der Waals surface area contributed by atoms with Crippen molar-refractivity contribution >= 4 is 11.3 Å². The van der Waals surface area contributed by atoms with E-state index < -0.39 is 0 Å². The minimum atomic E-state index is 0.870. The molecule has 0 atom stereocenters. The Hall–Kier alpha value is -0.450. The zero-order valence-electron chi connectivity index (χ0n) is 11.4. The van der Waals surface area contributed by atoms with Gasteiger partial charge in [0.1, 0.15) is 0 Å². The summed E-state index contributed by atoms with van der Waals surface area (Å²) in [7, 11) is 2.19. The normalized spacial score (nSPS) is 15.4. The maximum atomic E-state index is 4.32. The molecule has 4 heteroatoms. The molecule has 102 valence electrons. The van der Waals surface area contributed by atoms with Gasteiger partial charge >= 0.3 is 0 Å². The van der Waals surface area contributed by atoms with Gasteiger partial charge in [0.05, 0.1) is 11.2 Å². The molecule has 0 saturated heterocycles. The van der Waals surface area contributed by atoms with Crippen LogP contribution < -0.4 is 5.32 Å². The number of hydrogen-bond donors (Lipinski definition) is 1. The molecular formula is C14H25N3S. The van der Waals surface area contributed by atoms with E-state index >= 15 is 0 Å². The summed E-state index contributed by atoms with van der Waals surface area (Å²) in [6.07, 6.45) is 8.18. The quantitative estimate of drug-likeness (QED) is 0.661. The molecule has 0 radical (unpaired) electrons. The van der Waals surface area contributed by atoms with E-state index in [4.69, 9.17) is 0 Å². The van der Waals surface area contributed by atoms with Gasteiger partial charge in [0.25, 0.3) is 0 Å². The monoisotopic (exact) mass is 267 g/mol. The van der Waals surface area contributed by atoms with Crippen molar-refractivity contribution in [3.05, 3.63) is 16.6 Å². The van der Waals surface area contributed by atoms with Crippen LogP contribution >= 0.6 is 11.3 Å². The van der Waals surface area contributed by atoms with Crippen LogP contribution in [0, 0.1) is 0 Å². The Bertz CT molecular complexity index is 309. The molecule has 1 aliphatic carbocycles. The zero-order valence-corrected chi connectivity index (χ0v) is 12.2. The molecular weight excluding hydrogens is 242 g/mol. The summed E-state index contributed by atoms with van der Waals surface area (Å²) >= 11 is 1.68. The van der Waals surface area contributed by atoms with E-state index in [1.165, 1.54) is 57.3 Å². The molecule has 1 aromatic heterocycles. The Kier molecular flexibility index (Phi) is 6.11. The Balaban J connectivity index is 1.39. The second-order valence-corrected chi connectivity index (χ2v) is 6.08. The first-order valence-corrected chi connectivity index (χ1v) is 8.08. The first kappa shape index (κ1) is 14.0. The lowest BCUT2D eigenvalue weighted by Gasteiger charge is -2.14. The smallest absolute Gasteiger partial charge is 0.0795 e. The van der Waals surface area contributed by atoms with Crippen LogP contribution in [0.2, 0.25) is 0 Å². The van der Waals surface area contributed by atoms with Crippen LogP contribution in [0.1, 0.15) is 44.2 Å². The van der Waals surface area contributed by atoms with Crippen molar-refractivity contribution in [2.45, 2.75) is 51.1 Å². The number of aromatic nitrogens is 1. The van der Waals surface area contributed by atoms with Crippen molar-refractivity contribution in [1.82, 2.24) is 15.2 Å². The molecule has 0 amide bonds. The Morgan fingerprint density at radius 2 is 2.17 bits per heavy atom. The fourth-order valence-corrected chi connectivity index (χ4v) is 2.67. The van der Waals surface area contributed by atoms with E-state index in [1.54, 1.807) is 11.3 Å². The van der Waals surface area contributed by atoms with E-state index in [2.05, 4.69) is 27.6 Å². The largest absolute Gasteiger partial charge is 0.314 e. The average Bonchev–Trinajstić information content (AvgIpc) is 3.04. The molecule has 0 aromatic carbocycles. The molecule has 1 saturated carbocycles. The standard InChI is InChI=1S/C14H25N3S/c1-17(10-14-11-18-12-16-14)9-5-3-2-4-8-15-13-6-7-13/h11-13,15H,2-10H2,1H3. The van der Waals surface area contributed by atoms with Crippen molar-refractivity contribution in [1.29, 1.82) is 0 Å². The second-order valence-electron chi connectivity index (χ2n) is 5.36. The van der Waals surface area contributed by atoms with Crippen LogP contribution in [0.25, 0.3) is 0 Å². The third-order valence-electron chi connectivity index (χ3n) is 3.39. The number of unbranched alkanes of at least 4 members (excludes halogenated alkanes) is 3. The first-order chi connectivity index (χ1) is 8.84. The third kappa shape index (κ3) is 5.94. The maximum absolute atomic E-state index is 4.32. The van der Waals surface area contributed by atoms with Gasteiger partial charge < -0.3 is 10.2 Å². The highest BCUT2D eigenvalue weighted by Gasteiger charge is 2.19. The van der Waals surface area contributed by atoms with E-state index in [1.807, 2.05) is 5.51 Å². The van der Waals surface area contributed by atoms with Crippen molar-refractivity contribution in [3.8, 4) is 0 Å². The Morgan fingerprint density at radius 1 is 1.33 bits per heavy atom. The van der Waals surface area contributed by atoms with Gasteiger partial charge in [0.15, 0.2) is 0 Å². The van der Waals surface area contributed by atoms with Gasteiger partial charge in [-0.05, 0) is 45.8 Å². The van der Waals surface area contributed by atoms with E-state index in [9.17, 15) is 0 Å². The molecule has 1 N–H and O–H groups in total. The number of thiazole rings is 1. The van der Waals surface area contributed by atoms with Crippen LogP contribution in [0.3, 0.4) is 0 Å². The van der Waals surface area contributed by atoms with Crippen molar-refractivity contribution in [2.75, 3.05) is 20.1 Å². The summed E-state index contributed by atoms with van der Waals surface area (Å²) in [6.45, 7) is 3.40. The van der Waals surface area contributed by atoms with Gasteiger partial charge in [-0.1, -0.05) is 12.8 Å². The average molecular weight is 267 g/mol. The van der Waals surface area contributed by atoms with Gasteiger partial charge in [0.2, 0.25) is 0 Å². The summed E-state index contributed by atoms with van der Waals surface area (Å²) < 4.78 is 0. The molecule has 3 nitrogen and oxygen atoms in total. The maximum Gasteiger partial charge on any atom is 0.0795 e. The zero-order chi connectivity index (χ0) is 12.6. The molecule has 0 aliphatic heterocycles. The lowest BCUT2D eigenvalue weighted by Crippen LogP contribution is -2.19. The van der Waals surface area contributed by atoms with Crippen molar-refractivity contribution in [3.63, 3.8) is 0 Å². The highest BCUT2D eigenvalue weighted by Crippen LogP contribution is 2.18. The Morgan fingerprint density at radius 3 is 2.89 bits per heavy atom. The highest BCUT2D eigenvalue weighted by molar-refractivity contribution is 7.07. The van der Waals surface area contributed by atoms with Gasteiger partial charge in [-0.2, -0.15) is 0 Å². The minimum absolute atomic E-state index is 0.870. The van der Waals surface area contributed by atoms with Gasteiger partial charge in [-0.3, -0.25) is 0 Å². The van der Waals surface area contributed by atoms with Gasteiger partial charge in [0, 0.05) is 18.0 Å². The Labute approximate surface area is 115 Å². The second kappa shape index (κ2) is 7.87. The molecule has 1 aliphatic rings. The minimum Gasteiger partial charge on any atom is -0.314 e. The lowest BCUT2D eigenvalue weighted by molar-refractivity contribution is 0.313. The van der Waals surface area contributed by atoms with Gasteiger partial charge in [-0.15, -0.1) is 11.3 Å². The molecule has 1 fully saturated rings. The molecule has 1 aromatic rings. The van der Waals surface area contributed by atoms with Crippen LogP contribution in [0.4, 0.5) is 0 Å². The number of nitrogens with one attached hydrogen (secondary N) is 1. The predicted octanol–water partition coefficient (Wildman–Crippen LogP) is 2.89. The van der Waals surface area contributed by atoms with E-state index in [-0.39, 0.29) is 0 Å². The predicted molar refractivity (Wildman–Crippen MR) is 77.9 cm³/mol. The fourth-order valence-electron chi connectivity index (χ4n) is 2.13. The van der Waals surface area contributed by atoms with Gasteiger partial charge in [-0.25, -0.2) is 4.98 Å². The van der Waals surface area contributed by atoms with E-state index in [0.29, 0.717) is 0 Å². The number of hydrogen-bond acceptors (Lipinski definition) is 4. The van der Waals surface area contributed by atoms with Crippen LogP contribution in [0.15, 0.2) is 10.9 Å². The fraction of sp³-hybridized carbons (Fsp3) is 0.786. The number of nitrogens with zero attached hydrogens (tertiary/aromatic N) is 2. The molecule has 18 heavy (non-hydrogen) atoms. The molecule has 0 unspecified atom stereocenters. The molecule has 2 rings (SSSR count). The summed E-state index contributed by atoms with van der Waals surface area (Å²) in [6, 6.07) is 0.870. The SMILES string of the molecule is CN(CCCCCCNC1CC1)Cc1cscn1. The van der Waals surface area contributed by atoms with Crippen molar-refractivity contribution < 1.29 is 0 Å². The first-order valence-electron chi connectivity index (χ1n) is 7.13. The molecule has 0 bridgehead atoms. The van der Waals surface area contributed by atoms with E-state index in [0.717, 1.165) is 12.6 Å². The summed E-state index contributed by atoms with van der Waals surface area (Å²) in [5.41, 5.74) is 3.12. The van der Waals surface area contributed by atoms with Crippen LogP contribution in [-0.2, 0) is 6.54 Å². The van der Waals surface area contributed by atoms with Crippen LogP contribution in [-0.4, -0.2) is 36.1 Å². The third-order valence-corrected chi connectivity index (χ3v) is 4.03. The molecule has 1 heterocycles. The summed E-state index contributed by atoms with van der Waals surface area (Å²) in [5, 5.41) is 5.71. The lowest BCUT2D eigenvalue weighted by atomic mass is 10.2. The van der Waals surface area contributed by atoms with Crippen molar-refractivity contribution in [2.24, 2.45) is 0 Å². The summed E-state index contributed by atoms with van der Waals surface area (Å²) in [5.74, 6) is 0. The van der Waals surface area contributed by atoms with Crippen LogP contribution in [0.5, 0.6) is 0 Å². The topological polar surface area (TPSA) is 28.2 Å². The molecule has 0 spiro atoms. The highest BCUT2D eigenvalue weighted by atomic mass is 32.1.